The third kappa shape index (κ3) is 2.18. The summed E-state index contributed by atoms with van der Waals surface area (Å²) in [4.78, 5) is 22.6. The average Bonchev–Trinajstić information content (AvgIpc) is 3.10. The third-order valence-electron chi connectivity index (χ3n) is 3.19. The van der Waals surface area contributed by atoms with E-state index >= 15 is 0 Å². The molecule has 2 N–H and O–H groups in total. The highest BCUT2D eigenvalue weighted by Crippen LogP contribution is 2.29. The molecule has 0 atom stereocenters. The molecule has 0 bridgehead atoms. The molecule has 0 fully saturated rings. The number of benzene rings is 1. The van der Waals surface area contributed by atoms with Crippen LogP contribution in [0.15, 0.2) is 29.0 Å². The quantitative estimate of drug-likeness (QED) is 0.765. The lowest BCUT2D eigenvalue weighted by Gasteiger charge is -2.08. The van der Waals surface area contributed by atoms with Crippen LogP contribution in [0.2, 0.25) is 0 Å². The lowest BCUT2D eigenvalue weighted by molar-refractivity contribution is 0.0696. The van der Waals surface area contributed by atoms with E-state index in [0.717, 1.165) is 5.56 Å². The Bertz CT molecular complexity index is 806. The number of carboxylic acid groups (broad SMARTS) is 1. The van der Waals surface area contributed by atoms with E-state index < -0.39 is 5.97 Å². The van der Waals surface area contributed by atoms with E-state index in [1.807, 2.05) is 6.07 Å². The van der Waals surface area contributed by atoms with Gasteiger partial charge in [-0.2, -0.15) is 4.98 Å². The van der Waals surface area contributed by atoms with Crippen LogP contribution >= 0.6 is 0 Å². The number of nitrogens with one attached hydrogen (secondary N) is 1. The van der Waals surface area contributed by atoms with Crippen LogP contribution in [0.3, 0.4) is 0 Å². The SMILES string of the molecule is Cc1ccc(C)c(-c2nc(-c3ncc[nH]3)no2)c1C(=O)O. The number of aromatic amines is 1. The van der Waals surface area contributed by atoms with Crippen molar-refractivity contribution in [3.05, 3.63) is 41.2 Å². The van der Waals surface area contributed by atoms with Crippen molar-refractivity contribution in [3.63, 3.8) is 0 Å². The van der Waals surface area contributed by atoms with Gasteiger partial charge in [0.25, 0.3) is 5.89 Å². The van der Waals surface area contributed by atoms with E-state index in [4.69, 9.17) is 4.52 Å². The molecule has 0 spiro atoms. The van der Waals surface area contributed by atoms with Crippen LogP contribution in [0.5, 0.6) is 0 Å². The van der Waals surface area contributed by atoms with Crippen molar-refractivity contribution < 1.29 is 14.4 Å². The van der Waals surface area contributed by atoms with E-state index in [2.05, 4.69) is 20.1 Å². The number of nitrogens with zero attached hydrogens (tertiary/aromatic N) is 3. The molecule has 0 aliphatic rings. The number of carboxylic acids is 1. The van der Waals surface area contributed by atoms with Gasteiger partial charge in [0.05, 0.1) is 11.1 Å². The van der Waals surface area contributed by atoms with Crippen LogP contribution in [0.1, 0.15) is 21.5 Å². The zero-order valence-electron chi connectivity index (χ0n) is 11.4. The van der Waals surface area contributed by atoms with Crippen molar-refractivity contribution in [1.29, 1.82) is 0 Å². The fourth-order valence-corrected chi connectivity index (χ4v) is 2.17. The smallest absolute Gasteiger partial charge is 0.336 e. The van der Waals surface area contributed by atoms with E-state index in [-0.39, 0.29) is 17.3 Å². The van der Waals surface area contributed by atoms with Gasteiger partial charge in [-0.1, -0.05) is 17.3 Å². The van der Waals surface area contributed by atoms with Crippen LogP contribution in [-0.2, 0) is 0 Å². The van der Waals surface area contributed by atoms with E-state index in [1.54, 1.807) is 32.3 Å². The predicted molar refractivity (Wildman–Crippen MR) is 73.7 cm³/mol. The van der Waals surface area contributed by atoms with E-state index in [9.17, 15) is 9.90 Å². The summed E-state index contributed by atoms with van der Waals surface area (Å²) >= 11 is 0. The summed E-state index contributed by atoms with van der Waals surface area (Å²) in [5.74, 6) is -0.108. The Labute approximate surface area is 119 Å². The zero-order chi connectivity index (χ0) is 15.0. The lowest BCUT2D eigenvalue weighted by atomic mass is 9.97. The fraction of sp³-hybridized carbons (Fsp3) is 0.143. The van der Waals surface area contributed by atoms with Crippen LogP contribution < -0.4 is 0 Å². The molecule has 0 aliphatic carbocycles. The second-order valence-corrected chi connectivity index (χ2v) is 4.62. The Hall–Kier alpha value is -2.96. The first-order valence-corrected chi connectivity index (χ1v) is 6.25. The van der Waals surface area contributed by atoms with Gasteiger partial charge in [-0.05, 0) is 25.0 Å². The molecule has 3 aromatic rings. The van der Waals surface area contributed by atoms with Gasteiger partial charge in [0.15, 0.2) is 5.82 Å². The van der Waals surface area contributed by atoms with Gasteiger partial charge in [-0.3, -0.25) is 0 Å². The Balaban J connectivity index is 2.17. The highest BCUT2D eigenvalue weighted by atomic mass is 16.5. The van der Waals surface area contributed by atoms with Gasteiger partial charge in [-0.25, -0.2) is 9.78 Å². The largest absolute Gasteiger partial charge is 0.478 e. The normalized spacial score (nSPS) is 10.8. The minimum atomic E-state index is -1.02. The first-order valence-electron chi connectivity index (χ1n) is 6.25. The minimum absolute atomic E-state index is 0.167. The molecule has 1 aromatic carbocycles. The monoisotopic (exact) mass is 284 g/mol. The van der Waals surface area contributed by atoms with Gasteiger partial charge >= 0.3 is 5.97 Å². The van der Waals surface area contributed by atoms with Crippen LogP contribution in [0, 0.1) is 13.8 Å². The molecular weight excluding hydrogens is 272 g/mol. The standard InChI is InChI=1S/C14H12N4O3/c1-7-3-4-8(2)10(14(19)20)9(7)13-17-12(18-21-13)11-15-5-6-16-11/h3-6H,1-2H3,(H,15,16)(H,19,20). The van der Waals surface area contributed by atoms with Gasteiger partial charge < -0.3 is 14.6 Å². The number of aryl methyl sites for hydroxylation is 2. The topological polar surface area (TPSA) is 105 Å². The summed E-state index contributed by atoms with van der Waals surface area (Å²) in [6, 6.07) is 3.58. The van der Waals surface area contributed by atoms with Gasteiger partial charge in [0.2, 0.25) is 5.82 Å². The molecule has 7 nitrogen and oxygen atoms in total. The molecule has 106 valence electrons. The number of carbonyl (C=O) groups is 1. The number of hydrogen-bond acceptors (Lipinski definition) is 5. The Morgan fingerprint density at radius 3 is 2.71 bits per heavy atom. The van der Waals surface area contributed by atoms with Gasteiger partial charge in [0.1, 0.15) is 0 Å². The fourth-order valence-electron chi connectivity index (χ4n) is 2.17. The van der Waals surface area contributed by atoms with E-state index in [0.29, 0.717) is 17.0 Å². The number of imidazole rings is 1. The molecule has 21 heavy (non-hydrogen) atoms. The van der Waals surface area contributed by atoms with Crippen molar-refractivity contribution in [2.45, 2.75) is 13.8 Å². The molecule has 3 rings (SSSR count). The van der Waals surface area contributed by atoms with Crippen LogP contribution in [0.4, 0.5) is 0 Å². The van der Waals surface area contributed by atoms with Crippen molar-refractivity contribution >= 4 is 5.97 Å². The highest BCUT2D eigenvalue weighted by molar-refractivity contribution is 5.97. The average molecular weight is 284 g/mol. The maximum absolute atomic E-state index is 11.5. The predicted octanol–water partition coefficient (Wildman–Crippen LogP) is 2.44. The minimum Gasteiger partial charge on any atom is -0.478 e. The molecule has 0 radical (unpaired) electrons. The van der Waals surface area contributed by atoms with Crippen molar-refractivity contribution in [2.75, 3.05) is 0 Å². The molecule has 2 heterocycles. The molecule has 0 amide bonds. The third-order valence-corrected chi connectivity index (χ3v) is 3.19. The molecule has 2 aromatic heterocycles. The Morgan fingerprint density at radius 2 is 2.05 bits per heavy atom. The Morgan fingerprint density at radius 1 is 1.29 bits per heavy atom. The molecule has 0 saturated heterocycles. The van der Waals surface area contributed by atoms with Crippen LogP contribution in [-0.4, -0.2) is 31.2 Å². The lowest BCUT2D eigenvalue weighted by Crippen LogP contribution is -2.04. The van der Waals surface area contributed by atoms with Crippen molar-refractivity contribution in [2.24, 2.45) is 0 Å². The first-order chi connectivity index (χ1) is 10.1. The number of hydrogen-bond donors (Lipinski definition) is 2. The maximum atomic E-state index is 11.5. The van der Waals surface area contributed by atoms with E-state index in [1.165, 1.54) is 0 Å². The summed E-state index contributed by atoms with van der Waals surface area (Å²) in [5.41, 5.74) is 2.01. The number of rotatable bonds is 3. The molecule has 0 aliphatic heterocycles. The molecule has 0 saturated carbocycles. The maximum Gasteiger partial charge on any atom is 0.336 e. The molecule has 0 unspecified atom stereocenters. The summed E-state index contributed by atoms with van der Waals surface area (Å²) in [6.45, 7) is 3.54. The van der Waals surface area contributed by atoms with Crippen LogP contribution in [0.25, 0.3) is 23.1 Å². The second-order valence-electron chi connectivity index (χ2n) is 4.62. The summed E-state index contributed by atoms with van der Waals surface area (Å²) in [5, 5.41) is 13.2. The molecular formula is C14H12N4O3. The Kier molecular flexibility index (Phi) is 3.02. The summed E-state index contributed by atoms with van der Waals surface area (Å²) in [7, 11) is 0. The second kappa shape index (κ2) is 4.86. The highest BCUT2D eigenvalue weighted by Gasteiger charge is 2.22. The van der Waals surface area contributed by atoms with Crippen molar-refractivity contribution in [1.82, 2.24) is 20.1 Å². The first kappa shape index (κ1) is 13.0. The number of aromatic carboxylic acids is 1. The number of H-pyrrole nitrogens is 1. The summed E-state index contributed by atoms with van der Waals surface area (Å²) in [6.07, 6.45) is 3.22. The zero-order valence-corrected chi connectivity index (χ0v) is 11.4. The number of aromatic nitrogens is 4. The van der Waals surface area contributed by atoms with Gasteiger partial charge in [-0.15, -0.1) is 0 Å². The molecule has 7 heteroatoms. The summed E-state index contributed by atoms with van der Waals surface area (Å²) < 4.78 is 5.22. The van der Waals surface area contributed by atoms with Gasteiger partial charge in [0, 0.05) is 12.4 Å². The van der Waals surface area contributed by atoms with Crippen molar-refractivity contribution in [3.8, 4) is 23.1 Å².